The number of benzene rings is 1. The van der Waals surface area contributed by atoms with E-state index < -0.39 is 6.10 Å². The molecule has 20 heavy (non-hydrogen) atoms. The van der Waals surface area contributed by atoms with E-state index in [-0.39, 0.29) is 18.6 Å². The monoisotopic (exact) mass is 297 g/mol. The van der Waals surface area contributed by atoms with Crippen molar-refractivity contribution in [3.8, 4) is 5.75 Å². The van der Waals surface area contributed by atoms with Gasteiger partial charge in [0.05, 0.1) is 17.2 Å². The molecule has 2 unspecified atom stereocenters. The fraction of sp³-hybridized carbons (Fsp3) is 0.533. The van der Waals surface area contributed by atoms with Crippen molar-refractivity contribution in [2.75, 3.05) is 6.61 Å². The van der Waals surface area contributed by atoms with Crippen molar-refractivity contribution in [2.24, 2.45) is 0 Å². The molecular weight excluding hydrogens is 278 g/mol. The Kier molecular flexibility index (Phi) is 5.26. The summed E-state index contributed by atoms with van der Waals surface area (Å²) in [5, 5.41) is 13.1. The Balaban J connectivity index is 1.84. The molecule has 1 saturated carbocycles. The molecule has 0 radical (unpaired) electrons. The van der Waals surface area contributed by atoms with Gasteiger partial charge in [-0.3, -0.25) is 4.79 Å². The van der Waals surface area contributed by atoms with Crippen LogP contribution in [0.2, 0.25) is 5.02 Å². The molecule has 1 aromatic carbocycles. The maximum Gasteiger partial charge on any atom is 0.258 e. The van der Waals surface area contributed by atoms with Gasteiger partial charge in [-0.15, -0.1) is 0 Å². The van der Waals surface area contributed by atoms with Crippen molar-refractivity contribution in [3.63, 3.8) is 0 Å². The molecule has 0 bridgehead atoms. The number of nitrogens with one attached hydrogen (secondary N) is 1. The van der Waals surface area contributed by atoms with Crippen LogP contribution in [0.25, 0.3) is 0 Å². The molecule has 1 amide bonds. The molecule has 1 fully saturated rings. The van der Waals surface area contributed by atoms with Gasteiger partial charge in [-0.2, -0.15) is 0 Å². The minimum absolute atomic E-state index is 0.0909. The third-order valence-electron chi connectivity index (χ3n) is 3.52. The molecule has 1 aliphatic rings. The molecule has 0 aliphatic heterocycles. The number of carbonyl (C=O) groups is 1. The van der Waals surface area contributed by atoms with Gasteiger partial charge in [0.2, 0.25) is 0 Å². The predicted molar refractivity (Wildman–Crippen MR) is 78.1 cm³/mol. The standard InChI is InChI=1S/C15H20ClNO3/c1-10-6-7-11(16)14(8-10)20-9-15(19)17-12-4-2-3-5-13(12)18/h6-8,12-13,18H,2-5,9H2,1H3,(H,17,19). The number of carbonyl (C=O) groups excluding carboxylic acids is 1. The SMILES string of the molecule is Cc1ccc(Cl)c(OCC(=O)NC2CCCCC2O)c1. The molecule has 1 aliphatic carbocycles. The van der Waals surface area contributed by atoms with Crippen LogP contribution in [-0.2, 0) is 4.79 Å². The largest absolute Gasteiger partial charge is 0.482 e. The molecule has 2 atom stereocenters. The van der Waals surface area contributed by atoms with Crippen molar-refractivity contribution in [1.29, 1.82) is 0 Å². The number of hydrogen-bond donors (Lipinski definition) is 2. The normalized spacial score (nSPS) is 22.4. The van der Waals surface area contributed by atoms with E-state index in [0.717, 1.165) is 31.2 Å². The fourth-order valence-corrected chi connectivity index (χ4v) is 2.56. The first-order chi connectivity index (χ1) is 9.56. The topological polar surface area (TPSA) is 58.6 Å². The molecule has 0 saturated heterocycles. The Hall–Kier alpha value is -1.26. The minimum Gasteiger partial charge on any atom is -0.482 e. The van der Waals surface area contributed by atoms with E-state index in [1.807, 2.05) is 13.0 Å². The van der Waals surface area contributed by atoms with Crippen LogP contribution in [0.1, 0.15) is 31.2 Å². The number of hydrogen-bond acceptors (Lipinski definition) is 3. The van der Waals surface area contributed by atoms with Gasteiger partial charge >= 0.3 is 0 Å². The zero-order chi connectivity index (χ0) is 14.5. The summed E-state index contributed by atoms with van der Waals surface area (Å²) in [6.45, 7) is 1.84. The third kappa shape index (κ3) is 4.12. The summed E-state index contributed by atoms with van der Waals surface area (Å²) in [6.07, 6.45) is 3.17. The number of aliphatic hydroxyl groups excluding tert-OH is 1. The number of aryl methyl sites for hydroxylation is 1. The van der Waals surface area contributed by atoms with E-state index in [0.29, 0.717) is 10.8 Å². The Labute approximate surface area is 124 Å². The van der Waals surface area contributed by atoms with Crippen LogP contribution in [-0.4, -0.2) is 29.8 Å². The first-order valence-electron chi connectivity index (χ1n) is 6.92. The van der Waals surface area contributed by atoms with Gasteiger partial charge in [-0.05, 0) is 37.5 Å². The minimum atomic E-state index is -0.449. The van der Waals surface area contributed by atoms with Crippen LogP contribution in [0.5, 0.6) is 5.75 Å². The Morgan fingerprint density at radius 3 is 2.95 bits per heavy atom. The highest BCUT2D eigenvalue weighted by atomic mass is 35.5. The molecule has 0 spiro atoms. The summed E-state index contributed by atoms with van der Waals surface area (Å²) >= 11 is 6.00. The maximum absolute atomic E-state index is 11.8. The first-order valence-corrected chi connectivity index (χ1v) is 7.30. The van der Waals surface area contributed by atoms with Gasteiger partial charge in [-0.25, -0.2) is 0 Å². The summed E-state index contributed by atoms with van der Waals surface area (Å²) < 4.78 is 5.43. The Morgan fingerprint density at radius 1 is 1.45 bits per heavy atom. The number of rotatable bonds is 4. The van der Waals surface area contributed by atoms with E-state index in [4.69, 9.17) is 16.3 Å². The third-order valence-corrected chi connectivity index (χ3v) is 3.83. The molecule has 1 aromatic rings. The van der Waals surface area contributed by atoms with Gasteiger partial charge in [-0.1, -0.05) is 30.5 Å². The van der Waals surface area contributed by atoms with Crippen LogP contribution in [0.4, 0.5) is 0 Å². The Morgan fingerprint density at radius 2 is 2.20 bits per heavy atom. The number of ether oxygens (including phenoxy) is 1. The number of amides is 1. The van der Waals surface area contributed by atoms with Gasteiger partial charge in [0.25, 0.3) is 5.91 Å². The first kappa shape index (κ1) is 15.1. The van der Waals surface area contributed by atoms with Gasteiger partial charge in [0.15, 0.2) is 6.61 Å². The lowest BCUT2D eigenvalue weighted by Crippen LogP contribution is -2.46. The summed E-state index contributed by atoms with van der Waals surface area (Å²) in [5.74, 6) is 0.277. The van der Waals surface area contributed by atoms with Crippen molar-refractivity contribution in [2.45, 2.75) is 44.8 Å². The van der Waals surface area contributed by atoms with E-state index >= 15 is 0 Å². The molecule has 0 aromatic heterocycles. The summed E-state index contributed by atoms with van der Waals surface area (Å²) in [7, 11) is 0. The molecule has 4 nitrogen and oxygen atoms in total. The summed E-state index contributed by atoms with van der Waals surface area (Å²) in [4.78, 5) is 11.8. The van der Waals surface area contributed by atoms with Crippen LogP contribution < -0.4 is 10.1 Å². The highest BCUT2D eigenvalue weighted by molar-refractivity contribution is 6.32. The van der Waals surface area contributed by atoms with E-state index in [1.165, 1.54) is 0 Å². The van der Waals surface area contributed by atoms with Crippen molar-refractivity contribution >= 4 is 17.5 Å². The zero-order valence-corrected chi connectivity index (χ0v) is 12.3. The highest BCUT2D eigenvalue weighted by Crippen LogP contribution is 2.25. The van der Waals surface area contributed by atoms with Gasteiger partial charge in [0.1, 0.15) is 5.75 Å². The lowest BCUT2D eigenvalue weighted by Gasteiger charge is -2.28. The fourth-order valence-electron chi connectivity index (χ4n) is 2.39. The number of halogens is 1. The lowest BCUT2D eigenvalue weighted by molar-refractivity contribution is -0.125. The smallest absolute Gasteiger partial charge is 0.258 e. The highest BCUT2D eigenvalue weighted by Gasteiger charge is 2.24. The number of aliphatic hydroxyl groups is 1. The maximum atomic E-state index is 11.8. The van der Waals surface area contributed by atoms with Crippen LogP contribution in [0.15, 0.2) is 18.2 Å². The van der Waals surface area contributed by atoms with E-state index in [9.17, 15) is 9.90 Å². The molecular formula is C15H20ClNO3. The molecule has 5 heteroatoms. The van der Waals surface area contributed by atoms with E-state index in [1.54, 1.807) is 12.1 Å². The Bertz CT molecular complexity index is 478. The summed E-state index contributed by atoms with van der Waals surface area (Å²) in [6, 6.07) is 5.26. The molecule has 2 N–H and O–H groups in total. The average Bonchev–Trinajstić information content (AvgIpc) is 2.42. The second-order valence-electron chi connectivity index (χ2n) is 5.25. The predicted octanol–water partition coefficient (Wildman–Crippen LogP) is 2.45. The average molecular weight is 298 g/mol. The van der Waals surface area contributed by atoms with Crippen LogP contribution in [0.3, 0.4) is 0 Å². The van der Waals surface area contributed by atoms with Gasteiger partial charge < -0.3 is 15.2 Å². The zero-order valence-electron chi connectivity index (χ0n) is 11.6. The van der Waals surface area contributed by atoms with Crippen LogP contribution >= 0.6 is 11.6 Å². The lowest BCUT2D eigenvalue weighted by atomic mass is 9.92. The summed E-state index contributed by atoms with van der Waals surface area (Å²) in [5.41, 5.74) is 1.02. The van der Waals surface area contributed by atoms with Crippen molar-refractivity contribution < 1.29 is 14.6 Å². The van der Waals surface area contributed by atoms with E-state index in [2.05, 4.69) is 5.32 Å². The quantitative estimate of drug-likeness (QED) is 0.897. The van der Waals surface area contributed by atoms with Crippen LogP contribution in [0, 0.1) is 6.92 Å². The molecule has 0 heterocycles. The molecule has 2 rings (SSSR count). The van der Waals surface area contributed by atoms with Crippen molar-refractivity contribution in [1.82, 2.24) is 5.32 Å². The van der Waals surface area contributed by atoms with Gasteiger partial charge in [0, 0.05) is 0 Å². The van der Waals surface area contributed by atoms with Crippen molar-refractivity contribution in [3.05, 3.63) is 28.8 Å². The second kappa shape index (κ2) is 6.95. The second-order valence-corrected chi connectivity index (χ2v) is 5.66. The molecule has 110 valence electrons.